The van der Waals surface area contributed by atoms with Crippen LogP contribution in [-0.2, 0) is 35.4 Å². The van der Waals surface area contributed by atoms with E-state index in [-0.39, 0.29) is 27.2 Å². The Morgan fingerprint density at radius 1 is 1.04 bits per heavy atom. The van der Waals surface area contributed by atoms with Crippen LogP contribution in [0.15, 0.2) is 18.2 Å². The van der Waals surface area contributed by atoms with Gasteiger partial charge in [0.25, 0.3) is 0 Å². The maximum Gasteiger partial charge on any atom is 2.00 e. The Labute approximate surface area is 162 Å². The summed E-state index contributed by atoms with van der Waals surface area (Å²) in [7, 11) is 0. The van der Waals surface area contributed by atoms with Crippen LogP contribution in [-0.4, -0.2) is 29.1 Å². The molecule has 0 aromatic carbocycles. The number of hydrogen-bond donors (Lipinski definition) is 1. The summed E-state index contributed by atoms with van der Waals surface area (Å²) in [5.41, 5.74) is -0.807. The predicted octanol–water partition coefficient (Wildman–Crippen LogP) is -0.0821. The van der Waals surface area contributed by atoms with Gasteiger partial charge in [-0.25, -0.2) is 0 Å². The molecule has 3 heterocycles. The van der Waals surface area contributed by atoms with Crippen molar-refractivity contribution in [1.82, 2.24) is 11.1 Å². The molecule has 2 aliphatic heterocycles. The maximum absolute atomic E-state index is 11.2. The van der Waals surface area contributed by atoms with Crippen LogP contribution in [0.25, 0.3) is 0 Å². The van der Waals surface area contributed by atoms with Crippen LogP contribution in [0, 0.1) is 24.7 Å². The Hall–Kier alpha value is -1.30. The topological polar surface area (TPSA) is 137 Å². The Balaban J connectivity index is 0.000000497. The number of aliphatic carboxylic acids is 2. The molecule has 142 valence electrons. The first-order valence-corrected chi connectivity index (χ1v) is 7.62. The molecule has 8 heteroatoms. The van der Waals surface area contributed by atoms with Gasteiger partial charge in [-0.2, -0.15) is 0 Å². The number of ether oxygens (including phenoxy) is 1. The average molecular weight is 531 g/mol. The molecular weight excluding hydrogens is 507 g/mol. The Morgan fingerprint density at radius 2 is 1.40 bits per heavy atom. The molecule has 2 fully saturated rings. The number of rotatable bonds is 2. The molecule has 2 saturated heterocycles. The van der Waals surface area contributed by atoms with Gasteiger partial charge in [-0.05, 0) is 38.8 Å². The largest absolute Gasteiger partial charge is 2.00 e. The van der Waals surface area contributed by atoms with E-state index in [1.165, 1.54) is 13.8 Å². The molecule has 2 bridgehead atoms. The fraction of sp³-hybridized carbons (Fsp3) is 0.588. The van der Waals surface area contributed by atoms with Crippen molar-refractivity contribution in [2.45, 2.75) is 52.7 Å². The summed E-state index contributed by atoms with van der Waals surface area (Å²) in [4.78, 5) is 26.5. The van der Waals surface area contributed by atoms with Gasteiger partial charge < -0.3 is 30.7 Å². The maximum atomic E-state index is 11.2. The number of carbonyl (C=O) groups excluding carboxylic acids is 2. The van der Waals surface area contributed by atoms with Crippen molar-refractivity contribution in [1.29, 1.82) is 0 Å². The van der Waals surface area contributed by atoms with Crippen LogP contribution in [0.4, 0.5) is 0 Å². The van der Waals surface area contributed by atoms with Crippen molar-refractivity contribution in [3.63, 3.8) is 0 Å². The average Bonchev–Trinajstić information content (AvgIpc) is 3.02. The van der Waals surface area contributed by atoms with E-state index < -0.39 is 35.0 Å². The van der Waals surface area contributed by atoms with Crippen LogP contribution in [0.3, 0.4) is 0 Å². The number of aryl methyl sites for hydroxylation is 2. The molecule has 4 unspecified atom stereocenters. The third-order valence-corrected chi connectivity index (χ3v) is 5.26. The number of aromatic nitrogens is 1. The van der Waals surface area contributed by atoms with Crippen LogP contribution >= 0.6 is 0 Å². The van der Waals surface area contributed by atoms with E-state index in [9.17, 15) is 19.8 Å². The number of carboxylic acid groups (broad SMARTS) is 2. The molecular formula is C17H24N2O5Pt. The van der Waals surface area contributed by atoms with Crippen molar-refractivity contribution in [3.8, 4) is 0 Å². The van der Waals surface area contributed by atoms with E-state index >= 15 is 0 Å². The number of hydrogen-bond acceptors (Lipinski definition) is 7. The standard InChI is InChI=1S/C10H14O5.C7H9N.H3N.Pt/c1-9(7(11)12)5-3-4-6(15-5)10(9,2)8(13)14;1-6-4-3-5-7(2)8-6;;/h5-6H,3-4H2,1-2H3,(H,11,12)(H,13,14);3-5H,1-2H3;1H3;/q;;;+2/p-2. The van der Waals surface area contributed by atoms with Gasteiger partial charge in [0, 0.05) is 22.2 Å². The first-order valence-electron chi connectivity index (χ1n) is 7.62. The SMILES string of the molecule is CC1(C(=O)[O-])C2CCC(O2)C1(C)C(=O)[O-].Cc1cccc(C)n1.N.[Pt+2]. The molecule has 0 radical (unpaired) electrons. The molecule has 25 heavy (non-hydrogen) atoms. The summed E-state index contributed by atoms with van der Waals surface area (Å²) in [5.74, 6) is -2.75. The summed E-state index contributed by atoms with van der Waals surface area (Å²) in [6, 6.07) is 6.00. The molecule has 3 N–H and O–H groups in total. The summed E-state index contributed by atoms with van der Waals surface area (Å²) < 4.78 is 5.38. The normalized spacial score (nSPS) is 31.8. The van der Waals surface area contributed by atoms with Gasteiger partial charge in [0.05, 0.1) is 24.1 Å². The van der Waals surface area contributed by atoms with Gasteiger partial charge in [-0.1, -0.05) is 19.9 Å². The Bertz CT molecular complexity index is 592. The molecule has 1 aromatic heterocycles. The predicted molar refractivity (Wildman–Crippen MR) is 82.9 cm³/mol. The number of carboxylic acids is 2. The Morgan fingerprint density at radius 3 is 1.64 bits per heavy atom. The molecule has 1 aromatic rings. The zero-order valence-corrected chi connectivity index (χ0v) is 17.1. The van der Waals surface area contributed by atoms with Gasteiger partial charge in [-0.15, -0.1) is 0 Å². The third-order valence-electron chi connectivity index (χ3n) is 5.26. The number of pyridine rings is 1. The Kier molecular flexibility index (Phi) is 7.95. The molecule has 0 amide bonds. The van der Waals surface area contributed by atoms with E-state index in [2.05, 4.69) is 4.98 Å². The van der Waals surface area contributed by atoms with E-state index in [4.69, 9.17) is 4.74 Å². The minimum absolute atomic E-state index is 0. The van der Waals surface area contributed by atoms with E-state index in [0.717, 1.165) is 11.4 Å². The van der Waals surface area contributed by atoms with Crippen molar-refractivity contribution in [2.75, 3.05) is 0 Å². The van der Waals surface area contributed by atoms with Gasteiger partial charge in [0.15, 0.2) is 0 Å². The van der Waals surface area contributed by atoms with Crippen molar-refractivity contribution in [3.05, 3.63) is 29.6 Å². The first kappa shape index (κ1) is 23.7. The molecule has 0 saturated carbocycles. The number of carbonyl (C=O) groups is 2. The van der Waals surface area contributed by atoms with Crippen molar-refractivity contribution >= 4 is 11.9 Å². The van der Waals surface area contributed by atoms with Gasteiger partial charge in [-0.3, -0.25) is 4.98 Å². The summed E-state index contributed by atoms with van der Waals surface area (Å²) in [6.45, 7) is 6.74. The number of nitrogens with zero attached hydrogens (tertiary/aromatic N) is 1. The molecule has 7 nitrogen and oxygen atoms in total. The second-order valence-corrected chi connectivity index (χ2v) is 6.59. The van der Waals surface area contributed by atoms with Crippen LogP contribution < -0.4 is 16.4 Å². The monoisotopic (exact) mass is 531 g/mol. The zero-order chi connectivity index (χ0) is 17.4. The minimum Gasteiger partial charge on any atom is -0.549 e. The molecule has 4 atom stereocenters. The second kappa shape index (κ2) is 8.39. The summed E-state index contributed by atoms with van der Waals surface area (Å²) in [6.07, 6.45) is -0.0125. The van der Waals surface area contributed by atoms with Crippen LogP contribution in [0.5, 0.6) is 0 Å². The minimum atomic E-state index is -1.49. The summed E-state index contributed by atoms with van der Waals surface area (Å²) >= 11 is 0. The molecule has 0 aliphatic carbocycles. The summed E-state index contributed by atoms with van der Waals surface area (Å²) in [5, 5.41) is 22.3. The van der Waals surface area contributed by atoms with E-state index in [0.29, 0.717) is 12.8 Å². The molecule has 0 spiro atoms. The van der Waals surface area contributed by atoms with E-state index in [1.54, 1.807) is 0 Å². The number of fused-ring (bicyclic) bond motifs is 2. The first-order chi connectivity index (χ1) is 10.6. The van der Waals surface area contributed by atoms with Gasteiger partial charge in [0.1, 0.15) is 0 Å². The van der Waals surface area contributed by atoms with Gasteiger partial charge in [0.2, 0.25) is 0 Å². The smallest absolute Gasteiger partial charge is 0.549 e. The second-order valence-electron chi connectivity index (χ2n) is 6.59. The fourth-order valence-electron chi connectivity index (χ4n) is 3.52. The van der Waals surface area contributed by atoms with Crippen molar-refractivity contribution < 1.29 is 45.6 Å². The molecule has 2 aliphatic rings. The molecule has 3 rings (SSSR count). The van der Waals surface area contributed by atoms with E-state index in [1.807, 2.05) is 32.0 Å². The quantitative estimate of drug-likeness (QED) is 0.564. The third kappa shape index (κ3) is 3.78. The zero-order valence-electron chi connectivity index (χ0n) is 14.8. The van der Waals surface area contributed by atoms with Gasteiger partial charge >= 0.3 is 21.1 Å². The van der Waals surface area contributed by atoms with Crippen molar-refractivity contribution in [2.24, 2.45) is 10.8 Å². The fourth-order valence-corrected chi connectivity index (χ4v) is 3.52. The van der Waals surface area contributed by atoms with Crippen LogP contribution in [0.2, 0.25) is 0 Å². The van der Waals surface area contributed by atoms with Crippen LogP contribution in [0.1, 0.15) is 38.1 Å².